The Labute approximate surface area is 177 Å². The number of nitrogens with zero attached hydrogens (tertiary/aromatic N) is 3. The average Bonchev–Trinajstić information content (AvgIpc) is 3.39. The predicted octanol–water partition coefficient (Wildman–Crippen LogP) is 3.77. The summed E-state index contributed by atoms with van der Waals surface area (Å²) in [4.78, 5) is 14.6. The van der Waals surface area contributed by atoms with Gasteiger partial charge in [-0.25, -0.2) is 4.79 Å². The number of fused-ring (bicyclic) bond motifs is 2. The van der Waals surface area contributed by atoms with E-state index in [2.05, 4.69) is 48.0 Å². The van der Waals surface area contributed by atoms with Gasteiger partial charge in [-0.3, -0.25) is 9.47 Å². The van der Waals surface area contributed by atoms with Gasteiger partial charge in [0, 0.05) is 56.2 Å². The Morgan fingerprint density at radius 1 is 1.20 bits per heavy atom. The number of likely N-dealkylation sites (N-methyl/N-ethyl adjacent to an activating group) is 1. The van der Waals surface area contributed by atoms with Crippen molar-refractivity contribution < 1.29 is 14.3 Å². The van der Waals surface area contributed by atoms with Crippen molar-refractivity contribution in [2.75, 3.05) is 27.3 Å². The highest BCUT2D eigenvalue weighted by atomic mass is 16.5. The zero-order chi connectivity index (χ0) is 20.9. The van der Waals surface area contributed by atoms with Gasteiger partial charge >= 0.3 is 6.09 Å². The summed E-state index contributed by atoms with van der Waals surface area (Å²) in [5, 5.41) is 1.35. The fourth-order valence-electron chi connectivity index (χ4n) is 5.75. The van der Waals surface area contributed by atoms with Gasteiger partial charge in [0.2, 0.25) is 0 Å². The minimum atomic E-state index is -0.337. The zero-order valence-corrected chi connectivity index (χ0v) is 17.9. The van der Waals surface area contributed by atoms with Gasteiger partial charge in [0.05, 0.1) is 6.61 Å². The van der Waals surface area contributed by atoms with E-state index in [-0.39, 0.29) is 11.7 Å². The van der Waals surface area contributed by atoms with Gasteiger partial charge in [-0.1, -0.05) is 12.1 Å². The van der Waals surface area contributed by atoms with Gasteiger partial charge in [0.15, 0.2) is 0 Å². The maximum atomic E-state index is 12.1. The Hall–Kier alpha value is -2.57. The van der Waals surface area contributed by atoms with Gasteiger partial charge in [-0.15, -0.1) is 0 Å². The van der Waals surface area contributed by atoms with E-state index in [0.717, 1.165) is 25.8 Å². The molecule has 6 nitrogen and oxygen atoms in total. The number of hydrogen-bond donors (Lipinski definition) is 0. The molecule has 0 radical (unpaired) electrons. The van der Waals surface area contributed by atoms with Gasteiger partial charge in [-0.05, 0) is 61.6 Å². The molecule has 3 heterocycles. The van der Waals surface area contributed by atoms with Crippen LogP contribution in [-0.4, -0.2) is 53.5 Å². The van der Waals surface area contributed by atoms with E-state index in [1.807, 2.05) is 19.2 Å². The summed E-state index contributed by atoms with van der Waals surface area (Å²) in [6.07, 6.45) is 8.13. The van der Waals surface area contributed by atoms with E-state index in [4.69, 9.17) is 9.47 Å². The topological polar surface area (TPSA) is 48.6 Å². The van der Waals surface area contributed by atoms with E-state index >= 15 is 0 Å². The van der Waals surface area contributed by atoms with Crippen molar-refractivity contribution in [2.45, 2.75) is 30.9 Å². The van der Waals surface area contributed by atoms with Crippen molar-refractivity contribution in [2.24, 2.45) is 13.0 Å². The lowest BCUT2D eigenvalue weighted by Gasteiger charge is -2.53. The summed E-state index contributed by atoms with van der Waals surface area (Å²) in [5.41, 5.74) is 3.64. The monoisotopic (exact) mass is 407 g/mol. The number of likely N-dealkylation sites (tertiary alicyclic amines) is 1. The van der Waals surface area contributed by atoms with Crippen LogP contribution in [0.4, 0.5) is 4.79 Å². The fraction of sp³-hybridized carbons (Fsp3) is 0.458. The Morgan fingerprint density at radius 3 is 2.77 bits per heavy atom. The average molecular weight is 408 g/mol. The maximum absolute atomic E-state index is 12.1. The third kappa shape index (κ3) is 2.89. The number of aromatic nitrogens is 2. The number of methoxy groups -OCH3 is 1. The van der Waals surface area contributed by atoms with E-state index in [0.29, 0.717) is 18.6 Å². The molecule has 30 heavy (non-hydrogen) atoms. The summed E-state index contributed by atoms with van der Waals surface area (Å²) in [5.74, 6) is 0.393. The molecule has 1 saturated heterocycles. The maximum Gasteiger partial charge on any atom is 0.417 e. The SMILES string of the molecule is CO[C@]12CC(CCOC(=O)n3cccc3)CN(C)[C@@H]1Cc1cn(C)c3cccc2c13. The zero-order valence-electron chi connectivity index (χ0n) is 17.9. The molecule has 2 aliphatic rings. The van der Waals surface area contributed by atoms with Gasteiger partial charge < -0.3 is 14.0 Å². The molecule has 158 valence electrons. The third-order valence-corrected chi connectivity index (χ3v) is 7.10. The molecule has 1 fully saturated rings. The lowest BCUT2D eigenvalue weighted by molar-refractivity contribution is -0.127. The molecular formula is C24H29N3O3. The van der Waals surface area contributed by atoms with Crippen LogP contribution in [0.1, 0.15) is 24.0 Å². The number of carbonyl (C=O) groups excluding carboxylic acids is 1. The first-order valence-electron chi connectivity index (χ1n) is 10.7. The second-order valence-electron chi connectivity index (χ2n) is 8.78. The summed E-state index contributed by atoms with van der Waals surface area (Å²) in [6, 6.07) is 10.5. The van der Waals surface area contributed by atoms with Crippen LogP contribution in [0.25, 0.3) is 10.9 Å². The molecule has 0 N–H and O–H groups in total. The van der Waals surface area contributed by atoms with Crippen molar-refractivity contribution in [3.05, 3.63) is 60.0 Å². The lowest BCUT2D eigenvalue weighted by Crippen LogP contribution is -2.59. The van der Waals surface area contributed by atoms with Crippen LogP contribution in [0.15, 0.2) is 48.9 Å². The minimum Gasteiger partial charge on any atom is -0.449 e. The number of hydrogen-bond acceptors (Lipinski definition) is 4. The molecule has 1 aromatic carbocycles. The Morgan fingerprint density at radius 2 is 2.00 bits per heavy atom. The first kappa shape index (κ1) is 19.4. The van der Waals surface area contributed by atoms with Crippen molar-refractivity contribution in [3.8, 4) is 0 Å². The minimum absolute atomic E-state index is 0.307. The molecule has 6 heteroatoms. The van der Waals surface area contributed by atoms with Crippen LogP contribution in [0.2, 0.25) is 0 Å². The van der Waals surface area contributed by atoms with Crippen LogP contribution in [0, 0.1) is 5.92 Å². The lowest BCUT2D eigenvalue weighted by atomic mass is 9.68. The Kier molecular flexibility index (Phi) is 4.71. The van der Waals surface area contributed by atoms with Gasteiger partial charge in [0.1, 0.15) is 5.60 Å². The normalized spacial score (nSPS) is 26.0. The number of benzene rings is 1. The largest absolute Gasteiger partial charge is 0.449 e. The number of piperidine rings is 1. The number of carbonyl (C=O) groups is 1. The molecule has 0 amide bonds. The van der Waals surface area contributed by atoms with Gasteiger partial charge in [-0.2, -0.15) is 0 Å². The predicted molar refractivity (Wildman–Crippen MR) is 116 cm³/mol. The van der Waals surface area contributed by atoms with Crippen LogP contribution >= 0.6 is 0 Å². The highest BCUT2D eigenvalue weighted by Crippen LogP contribution is 2.50. The first-order chi connectivity index (χ1) is 14.5. The molecule has 2 aromatic heterocycles. The highest BCUT2D eigenvalue weighted by Gasteiger charge is 2.51. The molecule has 5 rings (SSSR count). The van der Waals surface area contributed by atoms with E-state index < -0.39 is 0 Å². The second kappa shape index (κ2) is 7.29. The Bertz CT molecular complexity index is 1070. The molecule has 1 aliphatic heterocycles. The van der Waals surface area contributed by atoms with Crippen molar-refractivity contribution >= 4 is 17.0 Å². The standard InChI is InChI=1S/C24H29N3O3/c1-25-16-18-13-21-24(29-3,19-7-6-8-20(25)22(18)19)14-17(15-26(21)2)9-12-30-23(28)27-10-4-5-11-27/h4-8,10-11,16-17,21H,9,12-15H2,1-3H3/t17?,21-,24+/m1/s1. The quantitative estimate of drug-likeness (QED) is 0.661. The van der Waals surface area contributed by atoms with E-state index in [1.165, 1.54) is 26.6 Å². The molecular weight excluding hydrogens is 378 g/mol. The van der Waals surface area contributed by atoms with E-state index in [9.17, 15) is 4.79 Å². The molecule has 1 unspecified atom stereocenters. The van der Waals surface area contributed by atoms with Crippen molar-refractivity contribution in [3.63, 3.8) is 0 Å². The summed E-state index contributed by atoms with van der Waals surface area (Å²) >= 11 is 0. The molecule has 1 aliphatic carbocycles. The number of rotatable bonds is 4. The summed E-state index contributed by atoms with van der Waals surface area (Å²) in [6.45, 7) is 1.40. The van der Waals surface area contributed by atoms with Crippen LogP contribution in [-0.2, 0) is 28.5 Å². The molecule has 3 atom stereocenters. The number of aryl methyl sites for hydroxylation is 1. The van der Waals surface area contributed by atoms with Crippen molar-refractivity contribution in [1.29, 1.82) is 0 Å². The van der Waals surface area contributed by atoms with E-state index in [1.54, 1.807) is 12.4 Å². The molecule has 0 saturated carbocycles. The number of ether oxygens (including phenoxy) is 2. The highest BCUT2D eigenvalue weighted by molar-refractivity contribution is 5.89. The van der Waals surface area contributed by atoms with Gasteiger partial charge in [0.25, 0.3) is 0 Å². The molecule has 0 bridgehead atoms. The second-order valence-corrected chi connectivity index (χ2v) is 8.78. The summed E-state index contributed by atoms with van der Waals surface area (Å²) < 4.78 is 15.6. The van der Waals surface area contributed by atoms with Crippen LogP contribution < -0.4 is 0 Å². The first-order valence-corrected chi connectivity index (χ1v) is 10.7. The third-order valence-electron chi connectivity index (χ3n) is 7.10. The Balaban J connectivity index is 1.40. The fourth-order valence-corrected chi connectivity index (χ4v) is 5.75. The molecule has 0 spiro atoms. The van der Waals surface area contributed by atoms with Crippen molar-refractivity contribution in [1.82, 2.24) is 14.0 Å². The molecule has 3 aromatic rings. The smallest absolute Gasteiger partial charge is 0.417 e. The summed E-state index contributed by atoms with van der Waals surface area (Å²) in [7, 11) is 6.17. The van der Waals surface area contributed by atoms with Crippen LogP contribution in [0.5, 0.6) is 0 Å². The van der Waals surface area contributed by atoms with Crippen LogP contribution in [0.3, 0.4) is 0 Å².